The molecular formula is C18H17BrClN5OS2. The molecule has 4 heterocycles. The van der Waals surface area contributed by atoms with Gasteiger partial charge in [0.2, 0.25) is 0 Å². The fourth-order valence-electron chi connectivity index (χ4n) is 3.14. The highest BCUT2D eigenvalue weighted by molar-refractivity contribution is 9.10. The summed E-state index contributed by atoms with van der Waals surface area (Å²) in [5, 5.41) is 5.70. The molecule has 1 unspecified atom stereocenters. The molecule has 4 rings (SSSR count). The van der Waals surface area contributed by atoms with Gasteiger partial charge in [-0.2, -0.15) is 0 Å². The van der Waals surface area contributed by atoms with Crippen molar-refractivity contribution in [3.05, 3.63) is 44.0 Å². The number of nitrogens with zero attached hydrogens (tertiary/aromatic N) is 4. The Labute approximate surface area is 184 Å². The zero-order valence-electron chi connectivity index (χ0n) is 15.0. The molecule has 1 atom stereocenters. The van der Waals surface area contributed by atoms with Gasteiger partial charge in [-0.25, -0.2) is 15.0 Å². The van der Waals surface area contributed by atoms with Crippen molar-refractivity contribution in [2.75, 3.05) is 11.9 Å². The van der Waals surface area contributed by atoms with Crippen molar-refractivity contribution in [3.8, 4) is 10.6 Å². The summed E-state index contributed by atoms with van der Waals surface area (Å²) in [5.41, 5.74) is 1.13. The van der Waals surface area contributed by atoms with Crippen LogP contribution in [0.15, 0.2) is 28.3 Å². The molecule has 0 aromatic carbocycles. The molecule has 6 nitrogen and oxygen atoms in total. The molecule has 28 heavy (non-hydrogen) atoms. The van der Waals surface area contributed by atoms with Gasteiger partial charge in [-0.05, 0) is 48.3 Å². The fourth-order valence-corrected chi connectivity index (χ4v) is 5.75. The predicted octanol–water partition coefficient (Wildman–Crippen LogP) is 5.31. The summed E-state index contributed by atoms with van der Waals surface area (Å²) in [6.45, 7) is 4.19. The molecule has 1 amide bonds. The Hall–Kier alpha value is -1.39. The van der Waals surface area contributed by atoms with Gasteiger partial charge in [0, 0.05) is 27.3 Å². The number of aromatic nitrogens is 3. The first-order chi connectivity index (χ1) is 13.5. The minimum absolute atomic E-state index is 0.203. The lowest BCUT2D eigenvalue weighted by Crippen LogP contribution is -2.25. The van der Waals surface area contributed by atoms with Crippen molar-refractivity contribution in [1.29, 1.82) is 0 Å². The summed E-state index contributed by atoms with van der Waals surface area (Å²) >= 11 is 12.4. The topological polar surface area (TPSA) is 71.0 Å². The molecule has 0 saturated carbocycles. The molecule has 146 valence electrons. The minimum Gasteiger partial charge on any atom is -0.296 e. The third kappa shape index (κ3) is 4.44. The van der Waals surface area contributed by atoms with E-state index in [1.54, 1.807) is 11.3 Å². The first kappa shape index (κ1) is 19.9. The van der Waals surface area contributed by atoms with E-state index in [4.69, 9.17) is 16.6 Å². The van der Waals surface area contributed by atoms with Crippen LogP contribution in [-0.4, -0.2) is 38.3 Å². The molecule has 0 bridgehead atoms. The van der Waals surface area contributed by atoms with E-state index in [0.717, 1.165) is 33.0 Å². The third-order valence-electron chi connectivity index (χ3n) is 4.61. The van der Waals surface area contributed by atoms with Crippen LogP contribution >= 0.6 is 50.2 Å². The highest BCUT2D eigenvalue weighted by Gasteiger charge is 2.24. The lowest BCUT2D eigenvalue weighted by atomic mass is 10.2. The van der Waals surface area contributed by atoms with Crippen molar-refractivity contribution in [3.63, 3.8) is 0 Å². The Balaban J connectivity index is 1.60. The van der Waals surface area contributed by atoms with Crippen LogP contribution in [0.4, 0.5) is 5.13 Å². The Morgan fingerprint density at radius 3 is 2.93 bits per heavy atom. The highest BCUT2D eigenvalue weighted by atomic mass is 79.9. The normalized spacial score (nSPS) is 17.2. The van der Waals surface area contributed by atoms with E-state index in [9.17, 15) is 4.79 Å². The Kier molecular flexibility index (Phi) is 6.07. The fraction of sp³-hybridized carbons (Fsp3) is 0.333. The number of carbonyl (C=O) groups excluding carboxylic acids is 1. The molecule has 1 fully saturated rings. The zero-order chi connectivity index (χ0) is 19.7. The van der Waals surface area contributed by atoms with Crippen molar-refractivity contribution in [2.24, 2.45) is 0 Å². The SMILES string of the molecule is CC1CCCN1Cc1sc(NC(=O)c2cnc(Cl)cn2)nc1-c1cc(Br)cs1. The molecule has 3 aromatic rings. The van der Waals surface area contributed by atoms with Crippen LogP contribution in [0.3, 0.4) is 0 Å². The average molecular weight is 499 g/mol. The van der Waals surface area contributed by atoms with E-state index >= 15 is 0 Å². The Morgan fingerprint density at radius 1 is 1.43 bits per heavy atom. The maximum absolute atomic E-state index is 12.5. The minimum atomic E-state index is -0.349. The van der Waals surface area contributed by atoms with E-state index < -0.39 is 0 Å². The van der Waals surface area contributed by atoms with Crippen molar-refractivity contribution in [1.82, 2.24) is 19.9 Å². The summed E-state index contributed by atoms with van der Waals surface area (Å²) < 4.78 is 1.03. The summed E-state index contributed by atoms with van der Waals surface area (Å²) in [6, 6.07) is 2.62. The standard InChI is InChI=1S/C18H17BrClN5OS2/c1-10-3-2-4-25(10)8-14-16(13-5-11(19)9-27-13)23-18(28-14)24-17(26)12-6-22-15(20)7-21-12/h5-7,9-10H,2-4,8H2,1H3,(H,23,24,26). The Morgan fingerprint density at radius 2 is 2.29 bits per heavy atom. The van der Waals surface area contributed by atoms with Crippen molar-refractivity contribution in [2.45, 2.75) is 32.4 Å². The molecule has 1 aliphatic heterocycles. The van der Waals surface area contributed by atoms with Gasteiger partial charge in [-0.3, -0.25) is 15.0 Å². The number of halogens is 2. The number of likely N-dealkylation sites (tertiary alicyclic amines) is 1. The second kappa shape index (κ2) is 8.54. The largest absolute Gasteiger partial charge is 0.296 e. The first-order valence-electron chi connectivity index (χ1n) is 8.76. The van der Waals surface area contributed by atoms with Gasteiger partial charge in [0.25, 0.3) is 5.91 Å². The quantitative estimate of drug-likeness (QED) is 0.516. The molecule has 10 heteroatoms. The van der Waals surface area contributed by atoms with Crippen LogP contribution in [0, 0.1) is 0 Å². The summed E-state index contributed by atoms with van der Waals surface area (Å²) in [7, 11) is 0. The number of thiazole rings is 1. The van der Waals surface area contributed by atoms with Gasteiger partial charge in [-0.15, -0.1) is 11.3 Å². The molecule has 1 aliphatic rings. The average Bonchev–Trinajstić information content (AvgIpc) is 3.37. The summed E-state index contributed by atoms with van der Waals surface area (Å²) in [5.74, 6) is -0.349. The van der Waals surface area contributed by atoms with E-state index in [0.29, 0.717) is 11.2 Å². The number of hydrogen-bond acceptors (Lipinski definition) is 7. The number of anilines is 1. The maximum Gasteiger partial charge on any atom is 0.277 e. The van der Waals surface area contributed by atoms with Crippen molar-refractivity contribution >= 4 is 61.2 Å². The van der Waals surface area contributed by atoms with Crippen LogP contribution in [0.1, 0.15) is 35.1 Å². The second-order valence-corrected chi connectivity index (χ2v) is 9.86. The number of carbonyl (C=O) groups is 1. The van der Waals surface area contributed by atoms with E-state index in [2.05, 4.69) is 49.1 Å². The van der Waals surface area contributed by atoms with E-state index in [-0.39, 0.29) is 16.8 Å². The van der Waals surface area contributed by atoms with Gasteiger partial charge in [0.15, 0.2) is 5.13 Å². The molecule has 1 saturated heterocycles. The molecule has 0 radical (unpaired) electrons. The van der Waals surface area contributed by atoms with Gasteiger partial charge in [-0.1, -0.05) is 22.9 Å². The first-order valence-corrected chi connectivity index (χ1v) is 11.6. The van der Waals surface area contributed by atoms with Crippen molar-refractivity contribution < 1.29 is 4.79 Å². The monoisotopic (exact) mass is 497 g/mol. The number of amides is 1. The highest BCUT2D eigenvalue weighted by Crippen LogP contribution is 2.37. The molecule has 0 aliphatic carbocycles. The molecule has 1 N–H and O–H groups in total. The Bertz CT molecular complexity index is 990. The molecular weight excluding hydrogens is 482 g/mol. The van der Waals surface area contributed by atoms with Crippen LogP contribution in [0.25, 0.3) is 10.6 Å². The van der Waals surface area contributed by atoms with E-state index in [1.807, 2.05) is 5.38 Å². The number of hydrogen-bond donors (Lipinski definition) is 1. The van der Waals surface area contributed by atoms with Crippen LogP contribution in [-0.2, 0) is 6.54 Å². The number of thiophene rings is 1. The van der Waals surface area contributed by atoms with Gasteiger partial charge >= 0.3 is 0 Å². The van der Waals surface area contributed by atoms with Gasteiger partial charge in [0.05, 0.1) is 23.0 Å². The number of nitrogens with one attached hydrogen (secondary N) is 1. The second-order valence-electron chi connectivity index (χ2n) is 6.56. The lowest BCUT2D eigenvalue weighted by molar-refractivity contribution is 0.102. The zero-order valence-corrected chi connectivity index (χ0v) is 19.0. The van der Waals surface area contributed by atoms with Crippen LogP contribution in [0.5, 0.6) is 0 Å². The molecule has 0 spiro atoms. The predicted molar refractivity (Wildman–Crippen MR) is 117 cm³/mol. The van der Waals surface area contributed by atoms with Gasteiger partial charge < -0.3 is 0 Å². The van der Waals surface area contributed by atoms with Crippen LogP contribution in [0.2, 0.25) is 5.15 Å². The third-order valence-corrected chi connectivity index (χ3v) is 7.46. The van der Waals surface area contributed by atoms with Crippen LogP contribution < -0.4 is 5.32 Å². The maximum atomic E-state index is 12.5. The smallest absolute Gasteiger partial charge is 0.277 e. The lowest BCUT2D eigenvalue weighted by Gasteiger charge is -2.20. The number of rotatable bonds is 5. The summed E-state index contributed by atoms with van der Waals surface area (Å²) in [4.78, 5) is 29.8. The molecule has 3 aromatic heterocycles. The van der Waals surface area contributed by atoms with Gasteiger partial charge in [0.1, 0.15) is 10.8 Å². The summed E-state index contributed by atoms with van der Waals surface area (Å²) in [6.07, 6.45) is 5.15. The van der Waals surface area contributed by atoms with E-state index in [1.165, 1.54) is 36.6 Å².